The van der Waals surface area contributed by atoms with Crippen LogP contribution in [0.4, 0.5) is 0 Å². The zero-order valence-electron chi connectivity index (χ0n) is 46.1. The van der Waals surface area contributed by atoms with Gasteiger partial charge in [-0.1, -0.05) is 214 Å². The van der Waals surface area contributed by atoms with E-state index >= 15 is 0 Å². The van der Waals surface area contributed by atoms with Crippen LogP contribution >= 0.6 is 0 Å². The van der Waals surface area contributed by atoms with Crippen molar-refractivity contribution >= 4 is 18.2 Å². The van der Waals surface area contributed by atoms with Gasteiger partial charge in [0.25, 0.3) is 0 Å². The lowest BCUT2D eigenvalue weighted by molar-refractivity contribution is -0.145. The molecule has 1 amide bonds. The largest absolute Gasteiger partial charge is 0.465 e. The predicted molar refractivity (Wildman–Crippen MR) is 288 cm³/mol. The van der Waals surface area contributed by atoms with Crippen molar-refractivity contribution in [2.45, 2.75) is 304 Å². The molecule has 0 N–H and O–H groups in total. The highest BCUT2D eigenvalue weighted by Crippen LogP contribution is 2.23. The number of carbonyl (C=O) groups excluding carboxylic acids is 3. The number of carbonyl (C=O) groups is 3. The van der Waals surface area contributed by atoms with E-state index in [-0.39, 0.29) is 5.97 Å². The van der Waals surface area contributed by atoms with Gasteiger partial charge in [-0.15, -0.1) is 0 Å². The molecule has 0 aliphatic carbocycles. The summed E-state index contributed by atoms with van der Waals surface area (Å²) in [6.07, 6.45) is 49.6. The van der Waals surface area contributed by atoms with Gasteiger partial charge in [0.05, 0.1) is 6.61 Å². The first-order valence-corrected chi connectivity index (χ1v) is 29.3. The highest BCUT2D eigenvalue weighted by Gasteiger charge is 2.23. The molecule has 7 nitrogen and oxygen atoms in total. The Morgan fingerprint density at radius 2 is 0.833 bits per heavy atom. The Morgan fingerprint density at radius 3 is 1.30 bits per heavy atom. The van der Waals surface area contributed by atoms with E-state index in [4.69, 9.17) is 9.47 Å². The third kappa shape index (κ3) is 47.6. The van der Waals surface area contributed by atoms with Gasteiger partial charge in [0.15, 0.2) is 0 Å². The molecule has 0 aliphatic rings. The third-order valence-electron chi connectivity index (χ3n) is 13.8. The first-order chi connectivity index (χ1) is 32.2. The lowest BCUT2D eigenvalue weighted by Crippen LogP contribution is -2.41. The van der Waals surface area contributed by atoms with E-state index in [9.17, 15) is 14.4 Å². The Balaban J connectivity index is 0. The summed E-state index contributed by atoms with van der Waals surface area (Å²) in [7, 11) is 6.08. The van der Waals surface area contributed by atoms with Crippen LogP contribution in [0.15, 0.2) is 0 Å². The first-order valence-electron chi connectivity index (χ1n) is 29.3. The summed E-state index contributed by atoms with van der Waals surface area (Å²) in [5.41, 5.74) is 0. The molecule has 0 aromatic rings. The molecule has 66 heavy (non-hydrogen) atoms. The Morgan fingerprint density at radius 1 is 0.439 bits per heavy atom. The van der Waals surface area contributed by atoms with Gasteiger partial charge in [0.1, 0.15) is 6.29 Å². The Kier molecular flexibility index (Phi) is 55.0. The SMILES string of the molecule is CCCCCCC(CCCC)COC.CCCCCCCCC(=O)N(CCCN(C)C)C(CCCCCCCCC=O)CCCCCCCCCC(=O)OCC(CCCC)CCCCCC. The monoisotopic (exact) mass is 935 g/mol. The molecule has 0 saturated heterocycles. The second-order valence-electron chi connectivity index (χ2n) is 20.6. The zero-order valence-corrected chi connectivity index (χ0v) is 46.1. The molecule has 0 heterocycles. The smallest absolute Gasteiger partial charge is 0.305 e. The molecule has 7 heteroatoms. The fourth-order valence-corrected chi connectivity index (χ4v) is 9.42. The van der Waals surface area contributed by atoms with Gasteiger partial charge >= 0.3 is 5.97 Å². The standard InChI is InChI=1S/C46H90N2O4.C13H28O/c1-6-9-12-14-23-29-37-45(50)48(40-32-39-47(4)5)44(36-28-22-18-16-20-25-31-41-49)35-27-21-17-15-19-24-30-38-46(51)52-42-43(33-11-8-3)34-26-13-10-7-2;1-4-6-8-9-11-13(12-14-3)10-7-5-2/h41,43-44H,6-40,42H2,1-5H3;13H,4-12H2,1-3H3. The van der Waals surface area contributed by atoms with Gasteiger partial charge in [-0.3, -0.25) is 9.59 Å². The van der Waals surface area contributed by atoms with Crippen LogP contribution in [0.25, 0.3) is 0 Å². The van der Waals surface area contributed by atoms with E-state index in [1.165, 1.54) is 193 Å². The van der Waals surface area contributed by atoms with Crippen LogP contribution < -0.4 is 0 Å². The van der Waals surface area contributed by atoms with E-state index in [0.717, 1.165) is 83.3 Å². The van der Waals surface area contributed by atoms with Crippen molar-refractivity contribution in [2.75, 3.05) is 47.5 Å². The summed E-state index contributed by atoms with van der Waals surface area (Å²) < 4.78 is 11.0. The van der Waals surface area contributed by atoms with E-state index in [0.29, 0.717) is 43.7 Å². The number of rotatable bonds is 51. The topological polar surface area (TPSA) is 76.2 Å². The lowest BCUT2D eigenvalue weighted by atomic mass is 9.96. The molecule has 0 fully saturated rings. The molecule has 3 unspecified atom stereocenters. The molecule has 0 aliphatic heterocycles. The van der Waals surface area contributed by atoms with Gasteiger partial charge < -0.3 is 24.1 Å². The van der Waals surface area contributed by atoms with Gasteiger partial charge in [-0.05, 0) is 96.7 Å². The molecule has 0 rings (SSSR count). The number of nitrogens with zero attached hydrogens (tertiary/aromatic N) is 2. The Bertz CT molecular complexity index is 991. The van der Waals surface area contributed by atoms with E-state index in [2.05, 4.69) is 58.5 Å². The average molecular weight is 936 g/mol. The van der Waals surface area contributed by atoms with Crippen molar-refractivity contribution in [3.63, 3.8) is 0 Å². The minimum Gasteiger partial charge on any atom is -0.465 e. The number of amides is 1. The van der Waals surface area contributed by atoms with Crippen molar-refractivity contribution in [1.29, 1.82) is 0 Å². The van der Waals surface area contributed by atoms with E-state index in [1.54, 1.807) is 0 Å². The van der Waals surface area contributed by atoms with Crippen LogP contribution in [-0.4, -0.2) is 81.5 Å². The van der Waals surface area contributed by atoms with Crippen molar-refractivity contribution < 1.29 is 23.9 Å². The Hall–Kier alpha value is -1.47. The molecule has 0 saturated carbocycles. The summed E-state index contributed by atoms with van der Waals surface area (Å²) in [4.78, 5) is 41.3. The van der Waals surface area contributed by atoms with Crippen LogP contribution in [0.3, 0.4) is 0 Å². The zero-order chi connectivity index (χ0) is 49.0. The van der Waals surface area contributed by atoms with Gasteiger partial charge in [0, 0.05) is 45.6 Å². The summed E-state index contributed by atoms with van der Waals surface area (Å²) in [6, 6.07) is 0.355. The molecule has 0 aromatic carbocycles. The highest BCUT2D eigenvalue weighted by molar-refractivity contribution is 5.76. The van der Waals surface area contributed by atoms with E-state index in [1.807, 2.05) is 7.11 Å². The number of unbranched alkanes of at least 4 members (excludes halogenated alkanes) is 25. The summed E-state index contributed by atoms with van der Waals surface area (Å²) in [5, 5.41) is 0. The number of esters is 1. The third-order valence-corrected chi connectivity index (χ3v) is 13.8. The van der Waals surface area contributed by atoms with Crippen LogP contribution in [0, 0.1) is 11.8 Å². The Labute approximate surface area is 413 Å². The number of aldehydes is 1. The van der Waals surface area contributed by atoms with Gasteiger partial charge in [-0.25, -0.2) is 0 Å². The van der Waals surface area contributed by atoms with Gasteiger partial charge in [0.2, 0.25) is 5.91 Å². The predicted octanol–water partition coefficient (Wildman–Crippen LogP) is 17.4. The molecule has 0 spiro atoms. The number of hydrogen-bond donors (Lipinski definition) is 0. The summed E-state index contributed by atoms with van der Waals surface area (Å²) >= 11 is 0. The maximum atomic E-state index is 13.7. The summed E-state index contributed by atoms with van der Waals surface area (Å²) in [5.74, 6) is 1.74. The number of methoxy groups -OCH3 is 1. The van der Waals surface area contributed by atoms with Crippen LogP contribution in [-0.2, 0) is 23.9 Å². The van der Waals surface area contributed by atoms with Crippen molar-refractivity contribution in [2.24, 2.45) is 11.8 Å². The molecular weight excluding hydrogens is 817 g/mol. The second-order valence-corrected chi connectivity index (χ2v) is 20.6. The molecule has 0 aromatic heterocycles. The number of ether oxygens (including phenoxy) is 2. The lowest BCUT2D eigenvalue weighted by Gasteiger charge is -2.33. The minimum atomic E-state index is 0.000160. The molecule has 3 atom stereocenters. The van der Waals surface area contributed by atoms with Crippen LogP contribution in [0.5, 0.6) is 0 Å². The van der Waals surface area contributed by atoms with Crippen LogP contribution in [0.1, 0.15) is 298 Å². The molecule has 394 valence electrons. The molecular formula is C59H118N2O5. The fraction of sp³-hybridized carbons (Fsp3) is 0.949. The quantitative estimate of drug-likeness (QED) is 0.0344. The first kappa shape index (κ1) is 66.6. The number of hydrogen-bond acceptors (Lipinski definition) is 6. The van der Waals surface area contributed by atoms with Crippen molar-refractivity contribution in [1.82, 2.24) is 9.80 Å². The van der Waals surface area contributed by atoms with Crippen molar-refractivity contribution in [3.05, 3.63) is 0 Å². The summed E-state index contributed by atoms with van der Waals surface area (Å²) in [6.45, 7) is 14.8. The van der Waals surface area contributed by atoms with E-state index < -0.39 is 0 Å². The normalized spacial score (nSPS) is 12.7. The molecule has 0 bridgehead atoms. The maximum absolute atomic E-state index is 13.7. The fourth-order valence-electron chi connectivity index (χ4n) is 9.42. The highest BCUT2D eigenvalue weighted by atomic mass is 16.5. The van der Waals surface area contributed by atoms with Crippen molar-refractivity contribution in [3.8, 4) is 0 Å². The van der Waals surface area contributed by atoms with Gasteiger partial charge in [-0.2, -0.15) is 0 Å². The minimum absolute atomic E-state index is 0.000160. The molecule has 0 radical (unpaired) electrons. The maximum Gasteiger partial charge on any atom is 0.305 e. The van der Waals surface area contributed by atoms with Crippen LogP contribution in [0.2, 0.25) is 0 Å². The average Bonchev–Trinajstić information content (AvgIpc) is 3.31. The second kappa shape index (κ2) is 54.5.